The predicted octanol–water partition coefficient (Wildman–Crippen LogP) is 4.22. The van der Waals surface area contributed by atoms with Gasteiger partial charge < -0.3 is 31.5 Å². The van der Waals surface area contributed by atoms with Crippen molar-refractivity contribution in [2.45, 2.75) is 44.1 Å². The number of benzene rings is 4. The highest BCUT2D eigenvalue weighted by Gasteiger charge is 2.31. The van der Waals surface area contributed by atoms with E-state index in [2.05, 4.69) is 10.6 Å². The molecule has 1 aliphatic heterocycles. The van der Waals surface area contributed by atoms with E-state index in [1.165, 1.54) is 59.5 Å². The van der Waals surface area contributed by atoms with Gasteiger partial charge in [-0.1, -0.05) is 54.6 Å². The maximum absolute atomic E-state index is 14.0. The molecule has 0 radical (unpaired) electrons. The summed E-state index contributed by atoms with van der Waals surface area (Å²) >= 11 is 0. The van der Waals surface area contributed by atoms with Crippen molar-refractivity contribution in [2.24, 2.45) is 5.73 Å². The molecule has 0 aliphatic carbocycles. The number of amides is 3. The Morgan fingerprint density at radius 1 is 0.945 bits per heavy atom. The van der Waals surface area contributed by atoms with Gasteiger partial charge in [0.2, 0.25) is 21.8 Å². The molecule has 0 saturated carbocycles. The Morgan fingerprint density at radius 3 is 2.22 bits per heavy atom. The van der Waals surface area contributed by atoms with Crippen molar-refractivity contribution in [1.82, 2.24) is 10.6 Å². The molecule has 1 fully saturated rings. The topological polar surface area (TPSA) is 199 Å². The Hall–Kier alpha value is -5.78. The van der Waals surface area contributed by atoms with Gasteiger partial charge in [-0.2, -0.15) is 13.2 Å². The summed E-state index contributed by atoms with van der Waals surface area (Å²) in [6, 6.07) is 22.8. The summed E-state index contributed by atoms with van der Waals surface area (Å²) in [5, 5.41) is 24.0. The Balaban J connectivity index is 0.00000217. The fourth-order valence-corrected chi connectivity index (χ4v) is 6.99. The molecule has 3 amide bonds. The minimum Gasteiger partial charge on any atom is -0.483 e. The fraction of sp³-hybridized carbons (Fsp3) is 0.263. The molecule has 0 bridgehead atoms. The fourth-order valence-electron chi connectivity index (χ4n) is 6.01. The number of hydrogen-bond acceptors (Lipinski definition) is 8. The molecule has 292 valence electrons. The zero-order chi connectivity index (χ0) is 40.3. The predicted molar refractivity (Wildman–Crippen MR) is 199 cm³/mol. The van der Waals surface area contributed by atoms with Crippen LogP contribution in [0.1, 0.15) is 50.2 Å². The lowest BCUT2D eigenvalue weighted by molar-refractivity contribution is -0.137. The highest BCUT2D eigenvalue weighted by atomic mass is 32.2. The van der Waals surface area contributed by atoms with E-state index in [1.54, 1.807) is 12.1 Å². The molecule has 1 saturated heterocycles. The summed E-state index contributed by atoms with van der Waals surface area (Å²) in [6.07, 6.45) is -3.78. The quantitative estimate of drug-likeness (QED) is 0.116. The van der Waals surface area contributed by atoms with Gasteiger partial charge in [0.1, 0.15) is 0 Å². The number of primary amides is 1. The van der Waals surface area contributed by atoms with Crippen molar-refractivity contribution in [1.29, 1.82) is 0 Å². The molecule has 5 rings (SSSR count). The first-order valence-electron chi connectivity index (χ1n) is 16.8. The summed E-state index contributed by atoms with van der Waals surface area (Å²) in [5.41, 5.74) is 6.16. The Labute approximate surface area is 315 Å². The second kappa shape index (κ2) is 18.5. The molecule has 55 heavy (non-hydrogen) atoms. The first kappa shape index (κ1) is 42.0. The van der Waals surface area contributed by atoms with E-state index in [-0.39, 0.29) is 66.5 Å². The van der Waals surface area contributed by atoms with Crippen LogP contribution < -0.4 is 25.6 Å². The van der Waals surface area contributed by atoms with Crippen LogP contribution in [-0.4, -0.2) is 74.3 Å². The van der Waals surface area contributed by atoms with Gasteiger partial charge in [-0.25, -0.2) is 12.7 Å². The number of aliphatic hydroxyl groups excluding tert-OH is 1. The number of halogens is 3. The molecule has 0 unspecified atom stereocenters. The molecular formula is C38H40F3N5O8S. The van der Waals surface area contributed by atoms with Crippen molar-refractivity contribution >= 4 is 51.3 Å². The van der Waals surface area contributed by atoms with E-state index in [4.69, 9.17) is 15.6 Å². The van der Waals surface area contributed by atoms with Crippen LogP contribution in [0.5, 0.6) is 0 Å². The van der Waals surface area contributed by atoms with Crippen LogP contribution in [0.4, 0.5) is 30.2 Å². The van der Waals surface area contributed by atoms with E-state index in [0.29, 0.717) is 18.5 Å². The van der Waals surface area contributed by atoms with Crippen LogP contribution in [0.15, 0.2) is 97.1 Å². The van der Waals surface area contributed by atoms with Crippen molar-refractivity contribution in [2.75, 3.05) is 28.6 Å². The number of nitrogens with two attached hydrogens (primary N) is 1. The molecule has 4 aromatic carbocycles. The molecule has 2 atom stereocenters. The van der Waals surface area contributed by atoms with Crippen LogP contribution in [0, 0.1) is 0 Å². The second-order valence-electron chi connectivity index (χ2n) is 12.6. The molecule has 1 heterocycles. The summed E-state index contributed by atoms with van der Waals surface area (Å²) in [5.74, 6) is -1.68. The van der Waals surface area contributed by atoms with Crippen LogP contribution in [-0.2, 0) is 38.8 Å². The summed E-state index contributed by atoms with van der Waals surface area (Å²) in [4.78, 5) is 48.6. The minimum atomic E-state index is -4.51. The van der Waals surface area contributed by atoms with Crippen LogP contribution in [0.3, 0.4) is 0 Å². The number of carbonyl (C=O) groups is 4. The molecule has 0 aromatic heterocycles. The Morgan fingerprint density at radius 2 is 1.60 bits per heavy atom. The number of sulfonamides is 1. The van der Waals surface area contributed by atoms with Crippen molar-refractivity contribution in [3.63, 3.8) is 0 Å². The van der Waals surface area contributed by atoms with Crippen LogP contribution >= 0.6 is 0 Å². The number of hydrogen-bond donors (Lipinski definition) is 5. The van der Waals surface area contributed by atoms with Crippen molar-refractivity contribution in [3.8, 4) is 0 Å². The second-order valence-corrected chi connectivity index (χ2v) is 14.4. The molecule has 13 nitrogen and oxygen atoms in total. The average Bonchev–Trinajstić information content (AvgIpc) is 3.57. The highest BCUT2D eigenvalue weighted by molar-refractivity contribution is 7.92. The third-order valence-electron chi connectivity index (χ3n) is 8.50. The summed E-state index contributed by atoms with van der Waals surface area (Å²) < 4.78 is 67.1. The number of alkyl halides is 3. The van der Waals surface area contributed by atoms with Crippen molar-refractivity contribution in [3.05, 3.63) is 125 Å². The Bertz CT molecular complexity index is 2100. The first-order chi connectivity index (χ1) is 26.0. The third-order valence-corrected chi connectivity index (χ3v) is 9.58. The van der Waals surface area contributed by atoms with E-state index < -0.39 is 45.7 Å². The maximum atomic E-state index is 14.0. The smallest absolute Gasteiger partial charge is 0.416 e. The lowest BCUT2D eigenvalue weighted by Gasteiger charge is -2.27. The van der Waals surface area contributed by atoms with Gasteiger partial charge in [-0.15, -0.1) is 0 Å². The van der Waals surface area contributed by atoms with E-state index in [9.17, 15) is 41.1 Å². The first-order valence-corrected chi connectivity index (χ1v) is 18.7. The van der Waals surface area contributed by atoms with E-state index in [0.717, 1.165) is 28.3 Å². The normalized spacial score (nSPS) is 14.0. The minimum absolute atomic E-state index is 0.00869. The average molecular weight is 784 g/mol. The summed E-state index contributed by atoms with van der Waals surface area (Å²) in [7, 11) is -4.10. The monoisotopic (exact) mass is 783 g/mol. The van der Waals surface area contributed by atoms with Gasteiger partial charge in [-0.05, 0) is 66.4 Å². The van der Waals surface area contributed by atoms with Gasteiger partial charge in [0.25, 0.3) is 12.4 Å². The van der Waals surface area contributed by atoms with E-state index >= 15 is 0 Å². The van der Waals surface area contributed by atoms with Gasteiger partial charge in [0.05, 0.1) is 35.3 Å². The zero-order valence-corrected chi connectivity index (χ0v) is 30.4. The number of anilines is 3. The van der Waals surface area contributed by atoms with E-state index in [1.807, 2.05) is 18.2 Å². The van der Waals surface area contributed by atoms with Gasteiger partial charge in [0, 0.05) is 42.9 Å². The number of nitrogens with one attached hydrogen (secondary N) is 2. The standard InChI is InChI=1S/C37H38F3N5O6S.CH2O2/c1-52(50,51)45(29-13-6-11-26(18-29)35(41)48)31-20-27(19-30(21-31)44-15-7-14-34(44)47)36(49)43-32(17-24-8-3-2-4-9-24)33(46)23-42-22-25-10-5-12-28(16-25)37(38,39)40;2-1-3/h2-6,8-13,16,18-21,32-33,42,46H,7,14-15,17,22-23H2,1H3,(H2,41,48)(H,43,49);1H,(H,2,3)/t32-,33+;/m0./s1. The van der Waals surface area contributed by atoms with Crippen LogP contribution in [0.2, 0.25) is 0 Å². The number of aliphatic hydroxyl groups is 1. The third kappa shape index (κ3) is 11.6. The SMILES string of the molecule is CS(=O)(=O)N(c1cccc(C(N)=O)c1)c1cc(C(=O)N[C@@H](Cc2ccccc2)[C@H](O)CNCc2cccc(C(F)(F)F)c2)cc(N2CCCC2=O)c1.O=CO. The molecule has 17 heteroatoms. The van der Waals surface area contributed by atoms with Gasteiger partial charge in [0.15, 0.2) is 0 Å². The van der Waals surface area contributed by atoms with Crippen molar-refractivity contribution < 1.29 is 51.0 Å². The lowest BCUT2D eigenvalue weighted by Crippen LogP contribution is -2.48. The number of carboxylic acid groups (broad SMARTS) is 1. The maximum Gasteiger partial charge on any atom is 0.416 e. The highest BCUT2D eigenvalue weighted by Crippen LogP contribution is 2.35. The molecule has 6 N–H and O–H groups in total. The van der Waals surface area contributed by atoms with Gasteiger partial charge >= 0.3 is 6.18 Å². The summed E-state index contributed by atoms with van der Waals surface area (Å²) in [6.45, 7) is 0.00641. The molecule has 1 aliphatic rings. The largest absolute Gasteiger partial charge is 0.483 e. The number of rotatable bonds is 14. The lowest BCUT2D eigenvalue weighted by atomic mass is 10.00. The molecular weight excluding hydrogens is 744 g/mol. The number of carbonyl (C=O) groups excluding carboxylic acids is 3. The molecule has 4 aromatic rings. The van der Waals surface area contributed by atoms with Gasteiger partial charge in [-0.3, -0.25) is 19.2 Å². The van der Waals surface area contributed by atoms with Crippen LogP contribution in [0.25, 0.3) is 0 Å². The Kier molecular flexibility index (Phi) is 14.1. The molecule has 0 spiro atoms. The zero-order valence-electron chi connectivity index (χ0n) is 29.6. The number of nitrogens with zero attached hydrogens (tertiary/aromatic N) is 2.